The zero-order valence-corrected chi connectivity index (χ0v) is 17.1. The number of anilines is 1. The molecule has 1 saturated heterocycles. The van der Waals surface area contributed by atoms with Crippen molar-refractivity contribution >= 4 is 44.8 Å². The first-order valence-corrected chi connectivity index (χ1v) is 10.8. The van der Waals surface area contributed by atoms with Gasteiger partial charge in [-0.1, -0.05) is 35.7 Å². The van der Waals surface area contributed by atoms with Crippen LogP contribution in [-0.4, -0.2) is 31.2 Å². The maximum Gasteiger partial charge on any atom is 0.243 e. The minimum atomic E-state index is -3.80. The Labute approximate surface area is 169 Å². The monoisotopic (exact) mass is 426 g/mol. The van der Waals surface area contributed by atoms with E-state index in [2.05, 4.69) is 5.32 Å². The summed E-state index contributed by atoms with van der Waals surface area (Å²) < 4.78 is 27.4. The van der Waals surface area contributed by atoms with Gasteiger partial charge in [0.15, 0.2) is 0 Å². The number of carbonyl (C=O) groups excluding carboxylic acids is 1. The molecule has 1 heterocycles. The van der Waals surface area contributed by atoms with Crippen LogP contribution in [0.5, 0.6) is 0 Å². The van der Waals surface area contributed by atoms with Crippen LogP contribution in [0.3, 0.4) is 0 Å². The third-order valence-corrected chi connectivity index (χ3v) is 7.04. The van der Waals surface area contributed by atoms with Gasteiger partial charge in [0.1, 0.15) is 6.04 Å². The van der Waals surface area contributed by atoms with Crippen molar-refractivity contribution < 1.29 is 13.2 Å². The number of hydrogen-bond donors (Lipinski definition) is 1. The Hall–Kier alpha value is -1.60. The van der Waals surface area contributed by atoms with Gasteiger partial charge in [-0.05, 0) is 61.7 Å². The summed E-state index contributed by atoms with van der Waals surface area (Å²) in [5.41, 5.74) is 1.44. The third kappa shape index (κ3) is 4.46. The fraction of sp³-hybridized carbons (Fsp3) is 0.316. The lowest BCUT2D eigenvalue weighted by Gasteiger charge is -2.33. The molecular weight excluding hydrogens is 407 g/mol. The highest BCUT2D eigenvalue weighted by Crippen LogP contribution is 2.28. The Kier molecular flexibility index (Phi) is 6.11. The predicted octanol–water partition coefficient (Wildman–Crippen LogP) is 4.48. The fourth-order valence-electron chi connectivity index (χ4n) is 3.14. The van der Waals surface area contributed by atoms with Crippen molar-refractivity contribution in [1.82, 2.24) is 4.31 Å². The lowest BCUT2D eigenvalue weighted by Crippen LogP contribution is -2.49. The molecule has 2 aromatic carbocycles. The molecule has 0 spiro atoms. The first kappa shape index (κ1) is 20.1. The molecule has 1 atom stereocenters. The number of benzene rings is 2. The van der Waals surface area contributed by atoms with Gasteiger partial charge in [-0.3, -0.25) is 4.79 Å². The van der Waals surface area contributed by atoms with Gasteiger partial charge in [-0.15, -0.1) is 0 Å². The largest absolute Gasteiger partial charge is 0.324 e. The van der Waals surface area contributed by atoms with Crippen molar-refractivity contribution in [3.8, 4) is 0 Å². The highest BCUT2D eigenvalue weighted by Gasteiger charge is 2.37. The normalized spacial score (nSPS) is 18.3. The van der Waals surface area contributed by atoms with E-state index in [1.54, 1.807) is 18.2 Å². The van der Waals surface area contributed by atoms with E-state index in [1.165, 1.54) is 28.6 Å². The molecule has 0 bridgehead atoms. The number of nitrogens with zero attached hydrogens (tertiary/aromatic N) is 1. The topological polar surface area (TPSA) is 66.5 Å². The average Bonchev–Trinajstić information content (AvgIpc) is 2.65. The number of sulfonamides is 1. The molecule has 1 aliphatic rings. The van der Waals surface area contributed by atoms with Gasteiger partial charge >= 0.3 is 0 Å². The van der Waals surface area contributed by atoms with Crippen LogP contribution < -0.4 is 5.32 Å². The van der Waals surface area contributed by atoms with E-state index in [4.69, 9.17) is 23.2 Å². The molecule has 0 saturated carbocycles. The van der Waals surface area contributed by atoms with Gasteiger partial charge in [0.05, 0.1) is 4.90 Å². The Morgan fingerprint density at radius 2 is 1.74 bits per heavy atom. The van der Waals surface area contributed by atoms with Crippen LogP contribution in [0.25, 0.3) is 0 Å². The van der Waals surface area contributed by atoms with E-state index in [0.717, 1.165) is 12.0 Å². The Balaban J connectivity index is 1.87. The first-order valence-electron chi connectivity index (χ1n) is 8.63. The van der Waals surface area contributed by atoms with Crippen LogP contribution in [0.2, 0.25) is 10.0 Å². The number of nitrogens with one attached hydrogen (secondary N) is 1. The Morgan fingerprint density at radius 3 is 2.44 bits per heavy atom. The Morgan fingerprint density at radius 1 is 1.07 bits per heavy atom. The second-order valence-electron chi connectivity index (χ2n) is 6.53. The van der Waals surface area contributed by atoms with Crippen molar-refractivity contribution in [1.29, 1.82) is 0 Å². The van der Waals surface area contributed by atoms with E-state index in [1.807, 2.05) is 6.92 Å². The maximum atomic E-state index is 13.1. The molecule has 3 rings (SSSR count). The molecule has 0 aliphatic carbocycles. The second kappa shape index (κ2) is 8.19. The maximum absolute atomic E-state index is 13.1. The second-order valence-corrected chi connectivity index (χ2v) is 9.29. The number of piperidine rings is 1. The first-order chi connectivity index (χ1) is 12.8. The molecule has 0 aromatic heterocycles. The SMILES string of the molecule is Cc1ccc(Cl)cc1NC(=O)[C@@H]1CCCCN1S(=O)(=O)c1ccc(Cl)cc1. The highest BCUT2D eigenvalue weighted by molar-refractivity contribution is 7.89. The summed E-state index contributed by atoms with van der Waals surface area (Å²) in [6.07, 6.45) is 1.98. The standard InChI is InChI=1S/C19H20Cl2N2O3S/c1-13-5-6-15(21)12-17(13)22-19(24)18-4-2-3-11-23(18)27(25,26)16-9-7-14(20)8-10-16/h5-10,12,18H,2-4,11H2,1H3,(H,22,24)/t18-/m0/s1. The predicted molar refractivity (Wildman–Crippen MR) is 108 cm³/mol. The molecule has 1 N–H and O–H groups in total. The van der Waals surface area contributed by atoms with Crippen LogP contribution in [0.4, 0.5) is 5.69 Å². The molecule has 0 unspecified atom stereocenters. The lowest BCUT2D eigenvalue weighted by atomic mass is 10.0. The van der Waals surface area contributed by atoms with Gasteiger partial charge in [-0.25, -0.2) is 8.42 Å². The number of hydrogen-bond acceptors (Lipinski definition) is 3. The van der Waals surface area contributed by atoms with E-state index < -0.39 is 16.1 Å². The molecule has 8 heteroatoms. The van der Waals surface area contributed by atoms with Gasteiger partial charge in [0, 0.05) is 22.3 Å². The van der Waals surface area contributed by atoms with E-state index in [9.17, 15) is 13.2 Å². The molecular formula is C19H20Cl2N2O3S. The summed E-state index contributed by atoms with van der Waals surface area (Å²) >= 11 is 11.9. The van der Waals surface area contributed by atoms with Crippen LogP contribution in [0.15, 0.2) is 47.4 Å². The van der Waals surface area contributed by atoms with Crippen molar-refractivity contribution in [3.63, 3.8) is 0 Å². The van der Waals surface area contributed by atoms with Gasteiger partial charge in [0.25, 0.3) is 0 Å². The summed E-state index contributed by atoms with van der Waals surface area (Å²) in [5, 5.41) is 3.79. The molecule has 27 heavy (non-hydrogen) atoms. The minimum absolute atomic E-state index is 0.130. The Bertz CT molecular complexity index is 946. The number of carbonyl (C=O) groups is 1. The number of rotatable bonds is 4. The molecule has 2 aromatic rings. The van der Waals surface area contributed by atoms with Crippen LogP contribution in [0, 0.1) is 6.92 Å². The molecule has 144 valence electrons. The van der Waals surface area contributed by atoms with Crippen molar-refractivity contribution in [2.75, 3.05) is 11.9 Å². The summed E-state index contributed by atoms with van der Waals surface area (Å²) in [5.74, 6) is -0.349. The van der Waals surface area contributed by atoms with E-state index in [0.29, 0.717) is 35.1 Å². The number of amides is 1. The molecule has 1 fully saturated rings. The smallest absolute Gasteiger partial charge is 0.243 e. The van der Waals surface area contributed by atoms with Gasteiger partial charge < -0.3 is 5.32 Å². The fourth-order valence-corrected chi connectivity index (χ4v) is 5.10. The average molecular weight is 427 g/mol. The summed E-state index contributed by atoms with van der Waals surface area (Å²) in [4.78, 5) is 13.0. The van der Waals surface area contributed by atoms with E-state index in [-0.39, 0.29) is 10.8 Å². The van der Waals surface area contributed by atoms with Crippen LogP contribution in [0.1, 0.15) is 24.8 Å². The van der Waals surface area contributed by atoms with Gasteiger partial charge in [0.2, 0.25) is 15.9 Å². The van der Waals surface area contributed by atoms with Crippen molar-refractivity contribution in [3.05, 3.63) is 58.1 Å². The third-order valence-electron chi connectivity index (χ3n) is 4.63. The zero-order chi connectivity index (χ0) is 19.6. The zero-order valence-electron chi connectivity index (χ0n) is 14.8. The minimum Gasteiger partial charge on any atom is -0.324 e. The lowest BCUT2D eigenvalue weighted by molar-refractivity contribution is -0.120. The molecule has 5 nitrogen and oxygen atoms in total. The number of aryl methyl sites for hydroxylation is 1. The summed E-state index contributed by atoms with van der Waals surface area (Å²) in [6, 6.07) is 10.4. The van der Waals surface area contributed by atoms with Crippen molar-refractivity contribution in [2.45, 2.75) is 37.1 Å². The quantitative estimate of drug-likeness (QED) is 0.782. The molecule has 0 radical (unpaired) electrons. The molecule has 1 amide bonds. The van der Waals surface area contributed by atoms with Crippen LogP contribution in [-0.2, 0) is 14.8 Å². The van der Waals surface area contributed by atoms with E-state index >= 15 is 0 Å². The summed E-state index contributed by atoms with van der Waals surface area (Å²) in [7, 11) is -3.80. The molecule has 1 aliphatic heterocycles. The summed E-state index contributed by atoms with van der Waals surface area (Å²) in [6.45, 7) is 2.16. The number of halogens is 2. The highest BCUT2D eigenvalue weighted by atomic mass is 35.5. The van der Waals surface area contributed by atoms with Crippen LogP contribution >= 0.6 is 23.2 Å². The van der Waals surface area contributed by atoms with Gasteiger partial charge in [-0.2, -0.15) is 4.31 Å². The van der Waals surface area contributed by atoms with Crippen molar-refractivity contribution in [2.24, 2.45) is 0 Å².